The zero-order valence-corrected chi connectivity index (χ0v) is 12.6. The van der Waals surface area contributed by atoms with Crippen molar-refractivity contribution in [1.82, 2.24) is 20.2 Å². The summed E-state index contributed by atoms with van der Waals surface area (Å²) in [6.07, 6.45) is 7.74. The van der Waals surface area contributed by atoms with Crippen molar-refractivity contribution in [2.75, 3.05) is 5.32 Å². The normalized spacial score (nSPS) is 22.1. The largest absolute Gasteiger partial charge is 0.350 e. The third-order valence-electron chi connectivity index (χ3n) is 4.35. The molecule has 3 rings (SSSR count). The molecule has 1 aliphatic carbocycles. The van der Waals surface area contributed by atoms with Gasteiger partial charge in [-0.1, -0.05) is 43.1 Å². The van der Waals surface area contributed by atoms with Gasteiger partial charge in [-0.2, -0.15) is 4.68 Å². The molecule has 112 valence electrons. The van der Waals surface area contributed by atoms with Crippen LogP contribution in [0.2, 0.25) is 0 Å². The predicted molar refractivity (Wildman–Crippen MR) is 83.4 cm³/mol. The highest BCUT2D eigenvalue weighted by atomic mass is 15.6. The SMILES string of the molecule is CCCC1CCC(Nc2nnnn2-c2ccccc2)CC1. The summed E-state index contributed by atoms with van der Waals surface area (Å²) in [4.78, 5) is 0. The lowest BCUT2D eigenvalue weighted by Gasteiger charge is -2.28. The van der Waals surface area contributed by atoms with Gasteiger partial charge in [0.05, 0.1) is 5.69 Å². The molecule has 21 heavy (non-hydrogen) atoms. The van der Waals surface area contributed by atoms with Crippen molar-refractivity contribution < 1.29 is 0 Å². The summed E-state index contributed by atoms with van der Waals surface area (Å²) < 4.78 is 1.78. The fourth-order valence-electron chi connectivity index (χ4n) is 3.21. The second kappa shape index (κ2) is 6.70. The Morgan fingerprint density at radius 2 is 1.90 bits per heavy atom. The summed E-state index contributed by atoms with van der Waals surface area (Å²) in [5.41, 5.74) is 0.990. The summed E-state index contributed by atoms with van der Waals surface area (Å²) in [5.74, 6) is 1.67. The maximum atomic E-state index is 4.13. The number of hydrogen-bond acceptors (Lipinski definition) is 4. The van der Waals surface area contributed by atoms with E-state index in [9.17, 15) is 0 Å². The number of rotatable bonds is 5. The zero-order valence-electron chi connectivity index (χ0n) is 12.6. The molecule has 0 unspecified atom stereocenters. The quantitative estimate of drug-likeness (QED) is 0.914. The molecule has 1 saturated carbocycles. The van der Waals surface area contributed by atoms with Crippen molar-refractivity contribution >= 4 is 5.95 Å². The Balaban J connectivity index is 1.63. The third kappa shape index (κ3) is 3.40. The van der Waals surface area contributed by atoms with E-state index in [1.807, 2.05) is 30.3 Å². The first-order valence-electron chi connectivity index (χ1n) is 7.97. The average Bonchev–Trinajstić information content (AvgIpc) is 2.98. The maximum Gasteiger partial charge on any atom is 0.247 e. The molecule has 0 radical (unpaired) electrons. The van der Waals surface area contributed by atoms with Gasteiger partial charge in [0.1, 0.15) is 0 Å². The Bertz CT molecular complexity index is 543. The lowest BCUT2D eigenvalue weighted by atomic mass is 9.83. The first-order valence-corrected chi connectivity index (χ1v) is 7.97. The molecular formula is C16H23N5. The molecule has 5 heteroatoms. The summed E-state index contributed by atoms with van der Waals surface area (Å²) in [6, 6.07) is 10.5. The summed E-state index contributed by atoms with van der Waals surface area (Å²) >= 11 is 0. The minimum absolute atomic E-state index is 0.492. The van der Waals surface area contributed by atoms with Crippen LogP contribution < -0.4 is 5.32 Å². The smallest absolute Gasteiger partial charge is 0.247 e. The highest BCUT2D eigenvalue weighted by molar-refractivity contribution is 5.38. The molecule has 1 N–H and O–H groups in total. The third-order valence-corrected chi connectivity index (χ3v) is 4.35. The number of benzene rings is 1. The van der Waals surface area contributed by atoms with E-state index in [1.165, 1.54) is 38.5 Å². The number of para-hydroxylation sites is 1. The molecule has 0 aliphatic heterocycles. The molecule has 0 amide bonds. The van der Waals surface area contributed by atoms with Crippen LogP contribution in [0.4, 0.5) is 5.95 Å². The molecule has 0 bridgehead atoms. The first-order chi connectivity index (χ1) is 10.4. The standard InChI is InChI=1S/C16H23N5/c1-2-6-13-9-11-14(12-10-13)17-16-18-19-20-21(16)15-7-4-3-5-8-15/h3-5,7-8,13-14H,2,6,9-12H2,1H3,(H,17,18,20). The van der Waals surface area contributed by atoms with Crippen LogP contribution >= 0.6 is 0 Å². The minimum Gasteiger partial charge on any atom is -0.350 e. The summed E-state index contributed by atoms with van der Waals surface area (Å²) in [7, 11) is 0. The number of hydrogen-bond donors (Lipinski definition) is 1. The van der Waals surface area contributed by atoms with E-state index in [2.05, 4.69) is 27.8 Å². The Morgan fingerprint density at radius 1 is 1.14 bits per heavy atom. The van der Waals surface area contributed by atoms with E-state index in [0.717, 1.165) is 17.6 Å². The fraction of sp³-hybridized carbons (Fsp3) is 0.562. The first kappa shape index (κ1) is 14.0. The van der Waals surface area contributed by atoms with Crippen LogP contribution in [0.25, 0.3) is 5.69 Å². The van der Waals surface area contributed by atoms with Gasteiger partial charge in [0.2, 0.25) is 5.95 Å². The molecule has 1 aromatic carbocycles. The average molecular weight is 285 g/mol. The monoisotopic (exact) mass is 285 g/mol. The van der Waals surface area contributed by atoms with Crippen LogP contribution in [0.1, 0.15) is 45.4 Å². The maximum absolute atomic E-state index is 4.13. The van der Waals surface area contributed by atoms with Crippen LogP contribution in [-0.2, 0) is 0 Å². The number of nitrogens with zero attached hydrogens (tertiary/aromatic N) is 4. The molecular weight excluding hydrogens is 262 g/mol. The number of nitrogens with one attached hydrogen (secondary N) is 1. The molecule has 0 saturated heterocycles. The van der Waals surface area contributed by atoms with Gasteiger partial charge >= 0.3 is 0 Å². The lowest BCUT2D eigenvalue weighted by molar-refractivity contribution is 0.318. The van der Waals surface area contributed by atoms with Crippen molar-refractivity contribution in [1.29, 1.82) is 0 Å². The van der Waals surface area contributed by atoms with Crippen molar-refractivity contribution in [3.63, 3.8) is 0 Å². The van der Waals surface area contributed by atoms with Crippen LogP contribution in [0.3, 0.4) is 0 Å². The molecule has 0 spiro atoms. The van der Waals surface area contributed by atoms with Gasteiger partial charge in [-0.3, -0.25) is 0 Å². The zero-order chi connectivity index (χ0) is 14.5. The Kier molecular flexibility index (Phi) is 4.48. The Labute approximate surface area is 125 Å². The predicted octanol–water partition coefficient (Wildman–Crippen LogP) is 3.43. The molecule has 1 aromatic heterocycles. The highest BCUT2D eigenvalue weighted by Crippen LogP contribution is 2.29. The lowest BCUT2D eigenvalue weighted by Crippen LogP contribution is -2.27. The molecule has 2 aromatic rings. The van der Waals surface area contributed by atoms with Gasteiger partial charge in [-0.25, -0.2) is 0 Å². The van der Waals surface area contributed by atoms with Crippen molar-refractivity contribution in [2.45, 2.75) is 51.5 Å². The van der Waals surface area contributed by atoms with Crippen molar-refractivity contribution in [3.05, 3.63) is 30.3 Å². The molecule has 0 atom stereocenters. The van der Waals surface area contributed by atoms with Gasteiger partial charge in [-0.05, 0) is 54.2 Å². The van der Waals surface area contributed by atoms with Crippen LogP contribution in [0, 0.1) is 5.92 Å². The molecule has 1 fully saturated rings. The van der Waals surface area contributed by atoms with E-state index < -0.39 is 0 Å². The van der Waals surface area contributed by atoms with Crippen molar-refractivity contribution in [2.24, 2.45) is 5.92 Å². The van der Waals surface area contributed by atoms with Gasteiger partial charge in [0.25, 0.3) is 0 Å². The fourth-order valence-corrected chi connectivity index (χ4v) is 3.21. The topological polar surface area (TPSA) is 55.6 Å². The number of aromatic nitrogens is 4. The van der Waals surface area contributed by atoms with Gasteiger partial charge in [0.15, 0.2) is 0 Å². The van der Waals surface area contributed by atoms with Gasteiger partial charge in [-0.15, -0.1) is 0 Å². The van der Waals surface area contributed by atoms with Crippen LogP contribution in [-0.4, -0.2) is 26.2 Å². The molecule has 1 heterocycles. The van der Waals surface area contributed by atoms with E-state index >= 15 is 0 Å². The number of anilines is 1. The van der Waals surface area contributed by atoms with Crippen LogP contribution in [0.5, 0.6) is 0 Å². The van der Waals surface area contributed by atoms with E-state index in [0.29, 0.717) is 6.04 Å². The Morgan fingerprint density at radius 3 is 2.62 bits per heavy atom. The highest BCUT2D eigenvalue weighted by Gasteiger charge is 2.22. The molecule has 1 aliphatic rings. The Hall–Kier alpha value is -1.91. The summed E-state index contributed by atoms with van der Waals surface area (Å²) in [6.45, 7) is 2.28. The van der Waals surface area contributed by atoms with E-state index in [4.69, 9.17) is 0 Å². The van der Waals surface area contributed by atoms with Gasteiger partial charge in [0, 0.05) is 6.04 Å². The van der Waals surface area contributed by atoms with E-state index in [-0.39, 0.29) is 0 Å². The van der Waals surface area contributed by atoms with Gasteiger partial charge < -0.3 is 5.32 Å². The van der Waals surface area contributed by atoms with Crippen LogP contribution in [0.15, 0.2) is 30.3 Å². The summed E-state index contributed by atoms with van der Waals surface area (Å²) in [5, 5.41) is 15.5. The number of tetrazole rings is 1. The second-order valence-electron chi connectivity index (χ2n) is 5.90. The second-order valence-corrected chi connectivity index (χ2v) is 5.90. The molecule has 5 nitrogen and oxygen atoms in total. The minimum atomic E-state index is 0.492. The van der Waals surface area contributed by atoms with E-state index in [1.54, 1.807) is 4.68 Å². The van der Waals surface area contributed by atoms with Crippen molar-refractivity contribution in [3.8, 4) is 5.69 Å².